The molecule has 28 heavy (non-hydrogen) atoms. The second-order valence-electron chi connectivity index (χ2n) is 6.41. The Morgan fingerprint density at radius 2 is 1.54 bits per heavy atom. The molecule has 1 N–H and O–H groups in total. The number of amides is 2. The van der Waals surface area contributed by atoms with Gasteiger partial charge in [-0.3, -0.25) is 9.59 Å². The van der Waals surface area contributed by atoms with Crippen molar-refractivity contribution in [3.63, 3.8) is 0 Å². The SMILES string of the molecule is CCCN(CCC)C(=O)c1cccc(C(=O)Nc2cccc(C(F)(F)F)c2)c1. The lowest BCUT2D eigenvalue weighted by molar-refractivity contribution is -0.137. The molecule has 0 radical (unpaired) electrons. The van der Waals surface area contributed by atoms with Gasteiger partial charge in [0.1, 0.15) is 0 Å². The first-order valence-electron chi connectivity index (χ1n) is 9.14. The van der Waals surface area contributed by atoms with Crippen LogP contribution in [0.3, 0.4) is 0 Å². The third-order valence-corrected chi connectivity index (χ3v) is 4.09. The molecule has 0 spiro atoms. The molecule has 0 aliphatic rings. The number of nitrogens with one attached hydrogen (secondary N) is 1. The summed E-state index contributed by atoms with van der Waals surface area (Å²) in [6.45, 7) is 5.20. The summed E-state index contributed by atoms with van der Waals surface area (Å²) in [5.74, 6) is -0.746. The van der Waals surface area contributed by atoms with E-state index in [1.54, 1.807) is 17.0 Å². The second kappa shape index (κ2) is 9.39. The minimum Gasteiger partial charge on any atom is -0.339 e. The fourth-order valence-electron chi connectivity index (χ4n) is 2.81. The van der Waals surface area contributed by atoms with Gasteiger partial charge in [-0.15, -0.1) is 0 Å². The summed E-state index contributed by atoms with van der Waals surface area (Å²) in [5, 5.41) is 2.45. The van der Waals surface area contributed by atoms with Crippen LogP contribution < -0.4 is 5.32 Å². The fraction of sp³-hybridized carbons (Fsp3) is 0.333. The maximum atomic E-state index is 12.8. The van der Waals surface area contributed by atoms with Crippen LogP contribution in [-0.2, 0) is 6.18 Å². The number of hydrogen-bond acceptors (Lipinski definition) is 2. The van der Waals surface area contributed by atoms with Gasteiger partial charge in [0.15, 0.2) is 0 Å². The molecule has 150 valence electrons. The Balaban J connectivity index is 2.19. The van der Waals surface area contributed by atoms with Crippen molar-refractivity contribution in [1.29, 1.82) is 0 Å². The van der Waals surface area contributed by atoms with Crippen molar-refractivity contribution in [2.24, 2.45) is 0 Å². The molecule has 0 fully saturated rings. The third-order valence-electron chi connectivity index (χ3n) is 4.09. The number of benzene rings is 2. The number of nitrogens with zero attached hydrogens (tertiary/aromatic N) is 1. The summed E-state index contributed by atoms with van der Waals surface area (Å²) in [6, 6.07) is 10.6. The number of carbonyl (C=O) groups is 2. The molecule has 0 saturated heterocycles. The Hall–Kier alpha value is -2.83. The molecular weight excluding hydrogens is 369 g/mol. The average Bonchev–Trinajstić information content (AvgIpc) is 2.67. The minimum atomic E-state index is -4.49. The number of anilines is 1. The van der Waals surface area contributed by atoms with Gasteiger partial charge in [-0.1, -0.05) is 26.0 Å². The van der Waals surface area contributed by atoms with Crippen LogP contribution in [0.15, 0.2) is 48.5 Å². The topological polar surface area (TPSA) is 49.4 Å². The van der Waals surface area contributed by atoms with Crippen LogP contribution in [0.25, 0.3) is 0 Å². The van der Waals surface area contributed by atoms with Gasteiger partial charge in [0.25, 0.3) is 11.8 Å². The molecule has 0 heterocycles. The maximum Gasteiger partial charge on any atom is 0.416 e. The predicted octanol–water partition coefficient (Wildman–Crippen LogP) is 5.22. The average molecular weight is 392 g/mol. The summed E-state index contributed by atoms with van der Waals surface area (Å²) in [5.41, 5.74) is -0.228. The summed E-state index contributed by atoms with van der Waals surface area (Å²) in [4.78, 5) is 26.9. The summed E-state index contributed by atoms with van der Waals surface area (Å²) >= 11 is 0. The van der Waals surface area contributed by atoms with E-state index in [-0.39, 0.29) is 17.2 Å². The number of alkyl halides is 3. The normalized spacial score (nSPS) is 11.2. The van der Waals surface area contributed by atoms with Crippen LogP contribution in [-0.4, -0.2) is 29.8 Å². The van der Waals surface area contributed by atoms with Crippen LogP contribution in [0.5, 0.6) is 0 Å². The molecule has 0 bridgehead atoms. The van der Waals surface area contributed by atoms with E-state index in [2.05, 4.69) is 5.32 Å². The van der Waals surface area contributed by atoms with E-state index in [4.69, 9.17) is 0 Å². The lowest BCUT2D eigenvalue weighted by Gasteiger charge is -2.21. The van der Waals surface area contributed by atoms with Crippen LogP contribution in [0.2, 0.25) is 0 Å². The molecule has 0 atom stereocenters. The van der Waals surface area contributed by atoms with E-state index in [0.717, 1.165) is 25.0 Å². The molecule has 0 aromatic heterocycles. The first-order chi connectivity index (χ1) is 13.3. The molecule has 4 nitrogen and oxygen atoms in total. The van der Waals surface area contributed by atoms with E-state index in [9.17, 15) is 22.8 Å². The Morgan fingerprint density at radius 1 is 0.929 bits per heavy atom. The van der Waals surface area contributed by atoms with Crippen molar-refractivity contribution in [2.45, 2.75) is 32.9 Å². The van der Waals surface area contributed by atoms with Crippen molar-refractivity contribution < 1.29 is 22.8 Å². The van der Waals surface area contributed by atoms with Gasteiger partial charge in [-0.05, 0) is 49.2 Å². The Kier molecular flexibility index (Phi) is 7.20. The van der Waals surface area contributed by atoms with Gasteiger partial charge in [0.2, 0.25) is 0 Å². The van der Waals surface area contributed by atoms with Gasteiger partial charge in [-0.2, -0.15) is 13.2 Å². The Labute approximate surface area is 162 Å². The van der Waals surface area contributed by atoms with Crippen molar-refractivity contribution in [1.82, 2.24) is 4.90 Å². The molecular formula is C21H23F3N2O2. The molecule has 2 amide bonds. The first-order valence-corrected chi connectivity index (χ1v) is 9.14. The van der Waals surface area contributed by atoms with Gasteiger partial charge < -0.3 is 10.2 Å². The summed E-state index contributed by atoms with van der Waals surface area (Å²) in [7, 11) is 0. The van der Waals surface area contributed by atoms with Gasteiger partial charge in [-0.25, -0.2) is 0 Å². The zero-order valence-electron chi connectivity index (χ0n) is 15.8. The van der Waals surface area contributed by atoms with E-state index >= 15 is 0 Å². The van der Waals surface area contributed by atoms with E-state index in [1.165, 1.54) is 24.3 Å². The van der Waals surface area contributed by atoms with Crippen molar-refractivity contribution >= 4 is 17.5 Å². The minimum absolute atomic E-state index is 0.0372. The zero-order valence-corrected chi connectivity index (χ0v) is 15.8. The highest BCUT2D eigenvalue weighted by molar-refractivity contribution is 6.06. The summed E-state index contributed by atoms with van der Waals surface area (Å²) < 4.78 is 38.4. The standard InChI is InChI=1S/C21H23F3N2O2/c1-3-11-26(12-4-2)20(28)16-8-5-7-15(13-16)19(27)25-18-10-6-9-17(14-18)21(22,23)24/h5-10,13-14H,3-4,11-12H2,1-2H3,(H,25,27). The zero-order chi connectivity index (χ0) is 20.7. The highest BCUT2D eigenvalue weighted by atomic mass is 19.4. The van der Waals surface area contributed by atoms with Crippen LogP contribution in [0, 0.1) is 0 Å². The number of halogens is 3. The molecule has 0 aliphatic carbocycles. The second-order valence-corrected chi connectivity index (χ2v) is 6.41. The number of hydrogen-bond donors (Lipinski definition) is 1. The van der Waals surface area contributed by atoms with E-state index in [0.29, 0.717) is 18.7 Å². The van der Waals surface area contributed by atoms with Crippen molar-refractivity contribution in [3.05, 3.63) is 65.2 Å². The molecule has 2 aromatic carbocycles. The van der Waals surface area contributed by atoms with Crippen LogP contribution in [0.1, 0.15) is 53.0 Å². The van der Waals surface area contributed by atoms with Gasteiger partial charge >= 0.3 is 6.18 Å². The van der Waals surface area contributed by atoms with Gasteiger partial charge in [0.05, 0.1) is 5.56 Å². The molecule has 2 aromatic rings. The van der Waals surface area contributed by atoms with E-state index in [1.807, 2.05) is 13.8 Å². The Bertz CT molecular complexity index is 828. The highest BCUT2D eigenvalue weighted by Crippen LogP contribution is 2.30. The van der Waals surface area contributed by atoms with Gasteiger partial charge in [0, 0.05) is 29.9 Å². The molecule has 2 rings (SSSR count). The maximum absolute atomic E-state index is 12.8. The molecule has 7 heteroatoms. The van der Waals surface area contributed by atoms with Crippen molar-refractivity contribution in [2.75, 3.05) is 18.4 Å². The molecule has 0 unspecified atom stereocenters. The lowest BCUT2D eigenvalue weighted by atomic mass is 10.1. The largest absolute Gasteiger partial charge is 0.416 e. The summed E-state index contributed by atoms with van der Waals surface area (Å²) in [6.07, 6.45) is -2.85. The van der Waals surface area contributed by atoms with E-state index < -0.39 is 17.6 Å². The first kappa shape index (κ1) is 21.5. The fourth-order valence-corrected chi connectivity index (χ4v) is 2.81. The lowest BCUT2D eigenvalue weighted by Crippen LogP contribution is -2.32. The quantitative estimate of drug-likeness (QED) is 0.702. The highest BCUT2D eigenvalue weighted by Gasteiger charge is 2.30. The monoisotopic (exact) mass is 392 g/mol. The molecule has 0 saturated carbocycles. The Morgan fingerprint density at radius 3 is 2.14 bits per heavy atom. The van der Waals surface area contributed by atoms with Crippen molar-refractivity contribution in [3.8, 4) is 0 Å². The van der Waals surface area contributed by atoms with Crippen LogP contribution in [0.4, 0.5) is 18.9 Å². The van der Waals surface area contributed by atoms with Crippen LogP contribution >= 0.6 is 0 Å². The predicted molar refractivity (Wildman–Crippen MR) is 102 cm³/mol. The third kappa shape index (κ3) is 5.58. The number of rotatable bonds is 7. The number of carbonyl (C=O) groups excluding carboxylic acids is 2. The molecule has 0 aliphatic heterocycles. The smallest absolute Gasteiger partial charge is 0.339 e.